The maximum absolute atomic E-state index is 9.00. The van der Waals surface area contributed by atoms with Crippen LogP contribution in [0.5, 0.6) is 0 Å². The topological polar surface area (TPSA) is 116 Å². The minimum Gasteiger partial charge on any atom is -0.481 e. The van der Waals surface area contributed by atoms with Crippen LogP contribution >= 0.6 is 11.6 Å². The molecule has 0 aromatic heterocycles. The van der Waals surface area contributed by atoms with Crippen LogP contribution in [0.3, 0.4) is 0 Å². The fourth-order valence-corrected chi connectivity index (χ4v) is 5.59. The molecular weight excluding hydrogens is 496 g/mol. The quantitative estimate of drug-likeness (QED) is 0.588. The number of morpholine rings is 2. The van der Waals surface area contributed by atoms with Crippen molar-refractivity contribution >= 4 is 29.2 Å². The van der Waals surface area contributed by atoms with E-state index in [0.717, 1.165) is 96.1 Å². The maximum Gasteiger partial charge on any atom is 0.300 e. The van der Waals surface area contributed by atoms with Crippen molar-refractivity contribution in [1.82, 2.24) is 14.7 Å². The fraction of sp³-hybridized carbons (Fsp3) is 0.654. The molecule has 3 saturated heterocycles. The number of carboxylic acid groups (broad SMARTS) is 1. The van der Waals surface area contributed by atoms with Gasteiger partial charge in [0.05, 0.1) is 32.3 Å². The number of hydrogen-bond acceptors (Lipinski definition) is 9. The van der Waals surface area contributed by atoms with Gasteiger partial charge in [-0.05, 0) is 37.0 Å². The molecule has 2 atom stereocenters. The molecular formula is C26H39ClN6O4. The SMILES string of the molecule is CC(=O)O.NC1=NN=C(N2CCC(N3C[C@H](CN4CCOCC4)OC[C@@H]3Cc3ccc(Cl)cc3)CC2)C1. The van der Waals surface area contributed by atoms with Crippen LogP contribution in [0.25, 0.3) is 0 Å². The van der Waals surface area contributed by atoms with E-state index in [1.807, 2.05) is 12.1 Å². The summed E-state index contributed by atoms with van der Waals surface area (Å²) < 4.78 is 11.9. The first-order chi connectivity index (χ1) is 17.9. The molecule has 4 aliphatic rings. The van der Waals surface area contributed by atoms with Gasteiger partial charge in [-0.3, -0.25) is 14.6 Å². The highest BCUT2D eigenvalue weighted by atomic mass is 35.5. The maximum atomic E-state index is 9.00. The Bertz CT molecular complexity index is 941. The first-order valence-corrected chi connectivity index (χ1v) is 13.5. The molecule has 0 unspecified atom stereocenters. The number of halogens is 1. The van der Waals surface area contributed by atoms with Crippen molar-refractivity contribution in [2.24, 2.45) is 15.9 Å². The number of carboxylic acids is 1. The Labute approximate surface area is 224 Å². The van der Waals surface area contributed by atoms with Gasteiger partial charge in [-0.2, -0.15) is 0 Å². The summed E-state index contributed by atoms with van der Waals surface area (Å²) >= 11 is 6.11. The van der Waals surface area contributed by atoms with E-state index >= 15 is 0 Å². The molecule has 204 valence electrons. The Hall–Kier alpha value is -2.24. The number of ether oxygens (including phenoxy) is 2. The number of likely N-dealkylation sites (tertiary alicyclic amines) is 1. The highest BCUT2D eigenvalue weighted by Gasteiger charge is 2.36. The van der Waals surface area contributed by atoms with E-state index in [4.69, 9.17) is 36.7 Å². The highest BCUT2D eigenvalue weighted by Crippen LogP contribution is 2.26. The molecule has 0 saturated carbocycles. The number of piperidine rings is 1. The Morgan fingerprint density at radius 2 is 1.81 bits per heavy atom. The van der Waals surface area contributed by atoms with Gasteiger partial charge >= 0.3 is 0 Å². The summed E-state index contributed by atoms with van der Waals surface area (Å²) in [6.45, 7) is 9.49. The summed E-state index contributed by atoms with van der Waals surface area (Å²) in [5.74, 6) is 0.810. The summed E-state index contributed by atoms with van der Waals surface area (Å²) in [5, 5.41) is 16.5. The minimum absolute atomic E-state index is 0.245. The second kappa shape index (κ2) is 13.5. The Kier molecular flexibility index (Phi) is 10.2. The molecule has 3 fully saturated rings. The van der Waals surface area contributed by atoms with Crippen molar-refractivity contribution in [3.05, 3.63) is 34.9 Å². The molecule has 11 heteroatoms. The first kappa shape index (κ1) is 27.8. The van der Waals surface area contributed by atoms with E-state index in [9.17, 15) is 0 Å². The molecule has 0 aliphatic carbocycles. The zero-order chi connectivity index (χ0) is 26.2. The summed E-state index contributed by atoms with van der Waals surface area (Å²) in [4.78, 5) is 16.6. The van der Waals surface area contributed by atoms with E-state index < -0.39 is 5.97 Å². The van der Waals surface area contributed by atoms with Crippen molar-refractivity contribution in [1.29, 1.82) is 0 Å². The van der Waals surface area contributed by atoms with E-state index in [1.54, 1.807) is 0 Å². The molecule has 10 nitrogen and oxygen atoms in total. The lowest BCUT2D eigenvalue weighted by Crippen LogP contribution is -2.59. The van der Waals surface area contributed by atoms with Crippen LogP contribution in [0.1, 0.15) is 31.7 Å². The lowest BCUT2D eigenvalue weighted by atomic mass is 9.96. The molecule has 0 spiro atoms. The number of amidine groups is 2. The standard InChI is InChI=1S/C24H35ClN6O2.C2H4O2/c25-19-3-1-18(2-4-19)13-21-17-33-22(15-29-9-11-32-12-10-29)16-31(21)20-5-7-30(8-6-20)24-14-23(26)27-28-24;1-2(3)4/h1-4,20-22H,5-17H2,(H2,26,27);1H3,(H,3,4)/t21-,22-;/m0./s1. The van der Waals surface area contributed by atoms with Crippen molar-refractivity contribution < 1.29 is 19.4 Å². The lowest BCUT2D eigenvalue weighted by Gasteiger charge is -2.47. The number of nitrogens with two attached hydrogens (primary N) is 1. The monoisotopic (exact) mass is 534 g/mol. The lowest BCUT2D eigenvalue weighted by molar-refractivity contribution is -0.134. The number of hydrogen-bond donors (Lipinski definition) is 2. The van der Waals surface area contributed by atoms with Gasteiger partial charge in [0, 0.05) is 63.3 Å². The number of nitrogens with zero attached hydrogens (tertiary/aromatic N) is 5. The van der Waals surface area contributed by atoms with Crippen LogP contribution in [0.4, 0.5) is 0 Å². The summed E-state index contributed by atoms with van der Waals surface area (Å²) in [5.41, 5.74) is 7.15. The molecule has 1 aromatic rings. The van der Waals surface area contributed by atoms with Gasteiger partial charge in [0.25, 0.3) is 5.97 Å². The van der Waals surface area contributed by atoms with Gasteiger partial charge in [0.1, 0.15) is 11.7 Å². The molecule has 5 rings (SSSR count). The average molecular weight is 535 g/mol. The average Bonchev–Trinajstić information content (AvgIpc) is 3.33. The summed E-state index contributed by atoms with van der Waals surface area (Å²) in [6.07, 6.45) is 4.16. The highest BCUT2D eigenvalue weighted by molar-refractivity contribution is 6.30. The summed E-state index contributed by atoms with van der Waals surface area (Å²) in [7, 11) is 0. The van der Waals surface area contributed by atoms with Crippen LogP contribution in [0.2, 0.25) is 5.02 Å². The van der Waals surface area contributed by atoms with Crippen LogP contribution in [0.15, 0.2) is 34.5 Å². The molecule has 4 aliphatic heterocycles. The Balaban J connectivity index is 0.000000747. The van der Waals surface area contributed by atoms with Crippen molar-refractivity contribution in [2.45, 2.75) is 50.8 Å². The largest absolute Gasteiger partial charge is 0.481 e. The number of carbonyl (C=O) groups is 1. The second-order valence-electron chi connectivity index (χ2n) is 10.1. The van der Waals surface area contributed by atoms with Crippen LogP contribution in [-0.2, 0) is 20.7 Å². The van der Waals surface area contributed by atoms with E-state index in [1.165, 1.54) is 5.56 Å². The van der Waals surface area contributed by atoms with Gasteiger partial charge < -0.3 is 25.2 Å². The van der Waals surface area contributed by atoms with Crippen molar-refractivity contribution in [2.75, 3.05) is 59.1 Å². The van der Waals surface area contributed by atoms with E-state index in [-0.39, 0.29) is 6.10 Å². The Morgan fingerprint density at radius 1 is 1.14 bits per heavy atom. The number of aliphatic carboxylic acids is 1. The molecule has 0 radical (unpaired) electrons. The number of benzene rings is 1. The molecule has 4 heterocycles. The predicted molar refractivity (Wildman–Crippen MR) is 144 cm³/mol. The zero-order valence-corrected chi connectivity index (χ0v) is 22.4. The molecule has 0 bridgehead atoms. The summed E-state index contributed by atoms with van der Waals surface area (Å²) in [6, 6.07) is 9.19. The van der Waals surface area contributed by atoms with Crippen molar-refractivity contribution in [3.8, 4) is 0 Å². The second-order valence-corrected chi connectivity index (χ2v) is 10.5. The predicted octanol–water partition coefficient (Wildman–Crippen LogP) is 1.91. The molecule has 3 N–H and O–H groups in total. The third-order valence-electron chi connectivity index (χ3n) is 7.29. The fourth-order valence-electron chi connectivity index (χ4n) is 5.46. The molecule has 0 amide bonds. The van der Waals surface area contributed by atoms with Crippen LogP contribution < -0.4 is 5.73 Å². The third-order valence-corrected chi connectivity index (χ3v) is 7.54. The van der Waals surface area contributed by atoms with Gasteiger partial charge in [-0.25, -0.2) is 0 Å². The molecule has 1 aromatic carbocycles. The van der Waals surface area contributed by atoms with E-state index in [0.29, 0.717) is 24.3 Å². The molecule has 37 heavy (non-hydrogen) atoms. The van der Waals surface area contributed by atoms with Gasteiger partial charge in [-0.15, -0.1) is 10.2 Å². The smallest absolute Gasteiger partial charge is 0.300 e. The third kappa shape index (κ3) is 8.38. The van der Waals surface area contributed by atoms with E-state index in [2.05, 4.69) is 37.0 Å². The van der Waals surface area contributed by atoms with Gasteiger partial charge in [-0.1, -0.05) is 23.7 Å². The zero-order valence-electron chi connectivity index (χ0n) is 21.6. The van der Waals surface area contributed by atoms with Gasteiger partial charge in [0.15, 0.2) is 0 Å². The first-order valence-electron chi connectivity index (χ1n) is 13.1. The minimum atomic E-state index is -0.833. The Morgan fingerprint density at radius 3 is 2.43 bits per heavy atom. The van der Waals surface area contributed by atoms with Gasteiger partial charge in [0.2, 0.25) is 0 Å². The number of rotatable bonds is 5. The normalized spacial score (nSPS) is 25.7. The van der Waals surface area contributed by atoms with Crippen molar-refractivity contribution in [3.63, 3.8) is 0 Å². The van der Waals surface area contributed by atoms with Crippen LogP contribution in [0, 0.1) is 0 Å². The van der Waals surface area contributed by atoms with Crippen LogP contribution in [-0.4, -0.2) is 115 Å².